The molecular weight excluding hydrogens is 893 g/mol. The first-order valence-corrected chi connectivity index (χ1v) is 24.5. The molecular formula is C54H56N6O6S2. The van der Waals surface area contributed by atoms with Gasteiger partial charge in [0.05, 0.1) is 22.7 Å². The van der Waals surface area contributed by atoms with E-state index in [0.29, 0.717) is 0 Å². The molecule has 0 atom stereocenters. The van der Waals surface area contributed by atoms with Crippen molar-refractivity contribution in [2.24, 2.45) is 0 Å². The summed E-state index contributed by atoms with van der Waals surface area (Å²) in [6, 6.07) is 48.6. The van der Waals surface area contributed by atoms with Crippen LogP contribution in [0.15, 0.2) is 165 Å². The fourth-order valence-electron chi connectivity index (χ4n) is 8.56. The lowest BCUT2D eigenvalue weighted by Crippen LogP contribution is -2.46. The topological polar surface area (TPSA) is 128 Å². The molecule has 4 aliphatic rings. The summed E-state index contributed by atoms with van der Waals surface area (Å²) >= 11 is 3.58. The monoisotopic (exact) mass is 948 g/mol. The molecule has 350 valence electrons. The largest absolute Gasteiger partial charge is 0.473 e. The molecule has 4 heterocycles. The summed E-state index contributed by atoms with van der Waals surface area (Å²) in [4.78, 5) is 64.0. The van der Waals surface area contributed by atoms with Crippen LogP contribution in [0.5, 0.6) is 0 Å². The van der Waals surface area contributed by atoms with Crippen molar-refractivity contribution in [2.75, 3.05) is 102 Å². The molecule has 0 unspecified atom stereocenters. The van der Waals surface area contributed by atoms with E-state index in [-0.39, 0.29) is 11.6 Å². The van der Waals surface area contributed by atoms with Crippen molar-refractivity contribution in [3.63, 3.8) is 0 Å². The number of carbonyl (C=O) groups excluding carboxylic acids is 2. The number of hydrogen-bond acceptors (Lipinski definition) is 12. The van der Waals surface area contributed by atoms with Crippen molar-refractivity contribution in [3.05, 3.63) is 168 Å². The number of carboxylic acids is 2. The molecule has 0 spiro atoms. The highest BCUT2D eigenvalue weighted by atomic mass is 32.2. The van der Waals surface area contributed by atoms with Crippen LogP contribution < -0.4 is 9.80 Å². The number of hydrogen-bond donors (Lipinski definition) is 2. The fraction of sp³-hybridized carbons (Fsp3) is 0.259. The zero-order valence-electron chi connectivity index (χ0n) is 38.4. The molecule has 68 heavy (non-hydrogen) atoms. The summed E-state index contributed by atoms with van der Waals surface area (Å²) in [7, 11) is 4.38. The van der Waals surface area contributed by atoms with E-state index in [1.165, 1.54) is 31.0 Å². The second-order valence-corrected chi connectivity index (χ2v) is 19.3. The highest BCUT2D eigenvalue weighted by Crippen LogP contribution is 2.49. The van der Waals surface area contributed by atoms with Crippen LogP contribution in [0, 0.1) is 0 Å². The highest BCUT2D eigenvalue weighted by molar-refractivity contribution is 8.00. The molecule has 0 aromatic heterocycles. The van der Waals surface area contributed by atoms with Crippen LogP contribution in [-0.2, 0) is 9.59 Å². The number of likely N-dealkylation sites (N-methyl/N-ethyl adjacent to an activating group) is 2. The molecule has 4 aliphatic heterocycles. The van der Waals surface area contributed by atoms with E-state index < -0.39 is 11.9 Å². The Labute approximate surface area is 406 Å². The van der Waals surface area contributed by atoms with Crippen LogP contribution in [0.4, 0.5) is 22.7 Å². The number of fused-ring (bicyclic) bond motifs is 4. The smallest absolute Gasteiger partial charge is 0.414 e. The maximum Gasteiger partial charge on any atom is 0.414 e. The van der Waals surface area contributed by atoms with Crippen molar-refractivity contribution >= 4 is 69.8 Å². The average Bonchev–Trinajstić information content (AvgIpc) is 3.37. The van der Waals surface area contributed by atoms with Gasteiger partial charge in [0.2, 0.25) is 0 Å². The van der Waals surface area contributed by atoms with Crippen molar-refractivity contribution in [3.8, 4) is 0 Å². The third-order valence-electron chi connectivity index (χ3n) is 12.5. The molecule has 12 nitrogen and oxygen atoms in total. The number of benzene rings is 6. The number of carboxylic acid groups (broad SMARTS) is 2. The van der Waals surface area contributed by atoms with Gasteiger partial charge in [-0.2, -0.15) is 0 Å². The third-order valence-corrected chi connectivity index (χ3v) is 14.8. The van der Waals surface area contributed by atoms with Gasteiger partial charge in [-0.05, 0) is 74.8 Å². The number of aliphatic carboxylic acids is 2. The van der Waals surface area contributed by atoms with Gasteiger partial charge in [0.15, 0.2) is 11.6 Å². The predicted octanol–water partition coefficient (Wildman–Crippen LogP) is 8.69. The van der Waals surface area contributed by atoms with Gasteiger partial charge in [-0.1, -0.05) is 108 Å². The number of para-hydroxylation sites is 2. The first-order valence-electron chi connectivity index (χ1n) is 22.9. The van der Waals surface area contributed by atoms with Gasteiger partial charge in [-0.25, -0.2) is 9.59 Å². The molecule has 2 fully saturated rings. The van der Waals surface area contributed by atoms with Crippen molar-refractivity contribution in [1.82, 2.24) is 19.6 Å². The van der Waals surface area contributed by atoms with Gasteiger partial charge in [0.25, 0.3) is 0 Å². The van der Waals surface area contributed by atoms with E-state index in [1.54, 1.807) is 23.5 Å². The predicted molar refractivity (Wildman–Crippen MR) is 271 cm³/mol. The molecule has 0 aliphatic carbocycles. The summed E-state index contributed by atoms with van der Waals surface area (Å²) in [6.45, 7) is 12.8. The maximum atomic E-state index is 13.1. The Bertz CT molecular complexity index is 2540. The first kappa shape index (κ1) is 48.2. The summed E-state index contributed by atoms with van der Waals surface area (Å²) < 4.78 is 0. The van der Waals surface area contributed by atoms with Crippen LogP contribution >= 0.6 is 23.5 Å². The van der Waals surface area contributed by atoms with E-state index in [1.807, 2.05) is 72.8 Å². The maximum absolute atomic E-state index is 13.1. The summed E-state index contributed by atoms with van der Waals surface area (Å²) in [6.07, 6.45) is 0. The minimum absolute atomic E-state index is 0.0753. The Balaban J connectivity index is 0.000000164. The van der Waals surface area contributed by atoms with E-state index in [0.717, 1.165) is 112 Å². The fourth-order valence-corrected chi connectivity index (χ4v) is 10.7. The number of nitrogens with zero attached hydrogens (tertiary/aromatic N) is 6. The average molecular weight is 949 g/mol. The zero-order chi connectivity index (χ0) is 47.6. The van der Waals surface area contributed by atoms with E-state index in [4.69, 9.17) is 19.8 Å². The third kappa shape index (κ3) is 11.9. The number of piperazine rings is 2. The number of carbonyl (C=O) groups is 4. The Morgan fingerprint density at radius 3 is 1.10 bits per heavy atom. The Morgan fingerprint density at radius 2 is 0.735 bits per heavy atom. The number of rotatable bonds is 10. The molecule has 6 aromatic rings. The quantitative estimate of drug-likeness (QED) is 0.100. The molecule has 2 saturated heterocycles. The highest BCUT2D eigenvalue weighted by Gasteiger charge is 2.28. The van der Waals surface area contributed by atoms with Gasteiger partial charge in [-0.15, -0.1) is 0 Å². The van der Waals surface area contributed by atoms with Crippen LogP contribution in [-0.4, -0.2) is 146 Å². The first-order chi connectivity index (χ1) is 33.0. The molecule has 6 aromatic carbocycles. The Morgan fingerprint density at radius 1 is 0.397 bits per heavy atom. The summed E-state index contributed by atoms with van der Waals surface area (Å²) in [5.74, 6) is -3.50. The minimum atomic E-state index is -1.82. The van der Waals surface area contributed by atoms with E-state index in [9.17, 15) is 9.59 Å². The van der Waals surface area contributed by atoms with Crippen LogP contribution in [0.1, 0.15) is 31.8 Å². The molecule has 14 heteroatoms. The van der Waals surface area contributed by atoms with Crippen molar-refractivity contribution in [1.29, 1.82) is 0 Å². The lowest BCUT2D eigenvalue weighted by Gasteiger charge is -2.37. The van der Waals surface area contributed by atoms with Crippen LogP contribution in [0.25, 0.3) is 0 Å². The van der Waals surface area contributed by atoms with Gasteiger partial charge in [-0.3, -0.25) is 19.4 Å². The molecule has 0 bridgehead atoms. The molecule has 2 N–H and O–H groups in total. The lowest BCUT2D eigenvalue weighted by atomic mass is 10.0. The van der Waals surface area contributed by atoms with Gasteiger partial charge >= 0.3 is 11.9 Å². The second-order valence-electron chi connectivity index (χ2n) is 17.1. The van der Waals surface area contributed by atoms with Gasteiger partial charge < -0.3 is 29.8 Å². The van der Waals surface area contributed by atoms with Gasteiger partial charge in [0, 0.05) is 120 Å². The van der Waals surface area contributed by atoms with E-state index in [2.05, 4.69) is 116 Å². The molecule has 0 amide bonds. The minimum Gasteiger partial charge on any atom is -0.473 e. The normalized spacial score (nSPS) is 15.8. The van der Waals surface area contributed by atoms with Gasteiger partial charge in [0.1, 0.15) is 0 Å². The van der Waals surface area contributed by atoms with Crippen molar-refractivity contribution < 1.29 is 29.4 Å². The SMILES string of the molecule is CN1CCN(CCN2c3ccccc3Sc3ccc(C(=O)c4ccccc4)cc32)CC1.CN1CCN(CCN2c3ccccc3Sc3ccc(C(=O)c4ccccc4)cc32)CC1.O=C(O)C(=O)O. The van der Waals surface area contributed by atoms with Crippen molar-refractivity contribution in [2.45, 2.75) is 19.6 Å². The van der Waals surface area contributed by atoms with Crippen LogP contribution in [0.3, 0.4) is 0 Å². The Kier molecular flexibility index (Phi) is 16.1. The lowest BCUT2D eigenvalue weighted by molar-refractivity contribution is -0.159. The van der Waals surface area contributed by atoms with E-state index >= 15 is 0 Å². The Hall–Kier alpha value is -6.26. The molecule has 0 saturated carbocycles. The molecule has 0 radical (unpaired) electrons. The second kappa shape index (κ2) is 22.7. The number of anilines is 4. The summed E-state index contributed by atoms with van der Waals surface area (Å²) in [5.41, 5.74) is 7.70. The molecule has 10 rings (SSSR count). The number of ketones is 2. The zero-order valence-corrected chi connectivity index (χ0v) is 40.0. The standard InChI is InChI=1S/2C26H27N3OS.C2H2O4/c2*1-27-13-15-28(16-14-27)17-18-29-22-9-5-6-10-24(22)31-25-12-11-21(19-23(25)29)26(30)20-7-3-2-4-8-20;3-1(4)2(5)6/h2*2-12,19H,13-18H2,1H3;(H,3,4)(H,5,6). The van der Waals surface area contributed by atoms with Crippen LogP contribution in [0.2, 0.25) is 0 Å². The summed E-state index contributed by atoms with van der Waals surface area (Å²) in [5, 5.41) is 14.8.